The molecule has 7 rings (SSSR count). The molecule has 1 aliphatic carbocycles. The number of carbonyl (C=O) groups is 1. The number of rotatable bonds is 4. The second-order valence-electron chi connectivity index (χ2n) is 15.8. The predicted octanol–water partition coefficient (Wildman–Crippen LogP) is 12.4. The molecule has 0 saturated carbocycles. The van der Waals surface area contributed by atoms with E-state index in [2.05, 4.69) is 141 Å². The van der Waals surface area contributed by atoms with E-state index >= 15 is 0 Å². The summed E-state index contributed by atoms with van der Waals surface area (Å²) in [7, 11) is 0. The number of hydrogen-bond acceptors (Lipinski definition) is 3. The molecule has 0 bridgehead atoms. The van der Waals surface area contributed by atoms with Gasteiger partial charge in [-0.2, -0.15) is 0 Å². The molecular weight excluding hydrogens is 803 g/mol. The van der Waals surface area contributed by atoms with E-state index in [9.17, 15) is 9.90 Å². The van der Waals surface area contributed by atoms with Crippen LogP contribution in [-0.2, 0) is 30.3 Å². The molecule has 0 unspecified atom stereocenters. The van der Waals surface area contributed by atoms with Gasteiger partial charge in [0.1, 0.15) is 5.76 Å². The Labute approximate surface area is 316 Å². The second-order valence-corrected chi connectivity index (χ2v) is 15.8. The first kappa shape index (κ1) is 37.6. The van der Waals surface area contributed by atoms with Crippen molar-refractivity contribution in [1.29, 1.82) is 0 Å². The zero-order valence-electron chi connectivity index (χ0n) is 30.8. The van der Waals surface area contributed by atoms with Gasteiger partial charge < -0.3 is 5.11 Å². The number of nitrogens with zero attached hydrogens (tertiary/aromatic N) is 1. The number of allylic oxidation sites excluding steroid dienone is 2. The van der Waals surface area contributed by atoms with Crippen LogP contribution in [-0.4, -0.2) is 15.9 Å². The van der Waals surface area contributed by atoms with Crippen molar-refractivity contribution in [3.05, 3.63) is 150 Å². The Morgan fingerprint density at radius 3 is 1.90 bits per heavy atom. The minimum Gasteiger partial charge on any atom is -0.512 e. The molecule has 0 amide bonds. The monoisotopic (exact) mass is 849 g/mol. The van der Waals surface area contributed by atoms with Crippen LogP contribution in [0, 0.1) is 16.9 Å². The number of ketones is 1. The molecule has 1 radical (unpaired) electrons. The maximum absolute atomic E-state index is 11.5. The molecule has 1 heterocycles. The molecule has 1 aliphatic rings. The van der Waals surface area contributed by atoms with Crippen molar-refractivity contribution in [1.82, 2.24) is 4.98 Å². The Kier molecular flexibility index (Phi) is 10.7. The van der Waals surface area contributed by atoms with Gasteiger partial charge in [-0.3, -0.25) is 9.78 Å². The quantitative estimate of drug-likeness (QED) is 0.109. The molecule has 6 aromatic rings. The molecule has 1 aromatic heterocycles. The van der Waals surface area contributed by atoms with Crippen LogP contribution in [0.4, 0.5) is 0 Å². The number of aromatic nitrogens is 1. The fourth-order valence-corrected chi connectivity index (χ4v) is 6.37. The van der Waals surface area contributed by atoms with Gasteiger partial charge in [-0.25, -0.2) is 0 Å². The van der Waals surface area contributed by atoms with Gasteiger partial charge in [0, 0.05) is 42.4 Å². The van der Waals surface area contributed by atoms with Crippen molar-refractivity contribution < 1.29 is 30.0 Å². The third-order valence-electron chi connectivity index (χ3n) is 9.57. The summed E-state index contributed by atoms with van der Waals surface area (Å²) in [6, 6.07) is 46.8. The van der Waals surface area contributed by atoms with Crippen molar-refractivity contribution in [2.45, 2.75) is 60.8 Å². The molecule has 1 N–H and O–H groups in total. The largest absolute Gasteiger partial charge is 0.512 e. The van der Waals surface area contributed by atoms with E-state index in [1.165, 1.54) is 50.6 Å². The van der Waals surface area contributed by atoms with Crippen LogP contribution in [0.2, 0.25) is 0 Å². The van der Waals surface area contributed by atoms with Crippen LogP contribution in [0.3, 0.4) is 0 Å². The summed E-state index contributed by atoms with van der Waals surface area (Å²) < 4.78 is 0. The zero-order valence-corrected chi connectivity index (χ0v) is 33.2. The summed E-state index contributed by atoms with van der Waals surface area (Å²) in [5.41, 5.74) is 12.3. The van der Waals surface area contributed by atoms with Gasteiger partial charge in [-0.15, -0.1) is 29.3 Å². The van der Waals surface area contributed by atoms with Crippen LogP contribution in [0.15, 0.2) is 133 Å². The van der Waals surface area contributed by atoms with Gasteiger partial charge in [0.25, 0.3) is 0 Å². The van der Waals surface area contributed by atoms with Crippen molar-refractivity contribution in [2.75, 3.05) is 0 Å². The Balaban J connectivity index is 0.000000310. The van der Waals surface area contributed by atoms with Crippen molar-refractivity contribution in [2.24, 2.45) is 10.8 Å². The fraction of sp³-hybridized carbons (Fsp3) is 0.234. The van der Waals surface area contributed by atoms with E-state index < -0.39 is 5.41 Å². The number of fused-ring (bicyclic) bond motifs is 4. The molecule has 261 valence electrons. The average Bonchev–Trinajstić information content (AvgIpc) is 3.33. The zero-order chi connectivity index (χ0) is 35.8. The Bertz CT molecular complexity index is 2220. The summed E-state index contributed by atoms with van der Waals surface area (Å²) in [6.45, 7) is 15.7. The average molecular weight is 849 g/mol. The number of carbonyl (C=O) groups excluding carboxylic acids is 1. The minimum atomic E-state index is -0.417. The molecule has 4 heteroatoms. The molecule has 0 atom stereocenters. The maximum Gasteiger partial charge on any atom is 0.164 e. The number of aliphatic hydroxyl groups excluding tert-OH is 1. The van der Waals surface area contributed by atoms with E-state index in [1.54, 1.807) is 0 Å². The van der Waals surface area contributed by atoms with Gasteiger partial charge in [0.05, 0.1) is 5.52 Å². The van der Waals surface area contributed by atoms with Gasteiger partial charge in [0.15, 0.2) is 5.78 Å². The van der Waals surface area contributed by atoms with E-state index in [4.69, 9.17) is 4.98 Å². The summed E-state index contributed by atoms with van der Waals surface area (Å²) in [5, 5.41) is 10.7. The topological polar surface area (TPSA) is 50.2 Å². The number of aliphatic hydroxyl groups is 1. The molecule has 51 heavy (non-hydrogen) atoms. The molecule has 0 aliphatic heterocycles. The van der Waals surface area contributed by atoms with Gasteiger partial charge in [-0.05, 0) is 51.1 Å². The summed E-state index contributed by atoms with van der Waals surface area (Å²) in [5.74, 6) is 0.104. The molecule has 3 nitrogen and oxygen atoms in total. The van der Waals surface area contributed by atoms with Crippen LogP contribution in [0.5, 0.6) is 0 Å². The van der Waals surface area contributed by atoms with Crippen LogP contribution in [0.25, 0.3) is 55.5 Å². The Hall–Kier alpha value is -4.63. The van der Waals surface area contributed by atoms with Gasteiger partial charge in [-0.1, -0.05) is 164 Å². The summed E-state index contributed by atoms with van der Waals surface area (Å²) in [6.07, 6.45) is 1.33. The first-order valence-electron chi connectivity index (χ1n) is 17.3. The minimum absolute atomic E-state index is 0. The fourth-order valence-electron chi connectivity index (χ4n) is 6.37. The van der Waals surface area contributed by atoms with Crippen LogP contribution in [0.1, 0.15) is 66.5 Å². The van der Waals surface area contributed by atoms with Crippen molar-refractivity contribution in [3.63, 3.8) is 0 Å². The molecule has 0 fully saturated rings. The number of benzene rings is 5. The smallest absolute Gasteiger partial charge is 0.164 e. The van der Waals surface area contributed by atoms with Gasteiger partial charge in [0.2, 0.25) is 0 Å². The number of pyridine rings is 1. The molecular formula is C47H46IrNO2-. The van der Waals surface area contributed by atoms with Crippen LogP contribution < -0.4 is 0 Å². The standard InChI is InChI=1S/C36H26N.C11H20O2.Ir/c1-36(2)32-16-10-9-15-28(32)29-19-17-27(22-33(29)36)35-23-30(25-13-7-4-8-14-25)31-21-26(18-20-34(31)37-35)24-11-5-3-6-12-24;1-10(2,3)8(12)7-9(13)11(4,5)6;/h3-16,18-23H,1-2H3;7,12H,1-6H3;/q-1;;/b;8-7-;. The van der Waals surface area contributed by atoms with Crippen molar-refractivity contribution >= 4 is 16.7 Å². The summed E-state index contributed by atoms with van der Waals surface area (Å²) in [4.78, 5) is 16.6. The third kappa shape index (κ3) is 7.83. The Morgan fingerprint density at radius 2 is 1.27 bits per heavy atom. The van der Waals surface area contributed by atoms with Crippen molar-refractivity contribution in [3.8, 4) is 44.6 Å². The normalized spacial score (nSPS) is 13.4. The molecule has 0 saturated heterocycles. The van der Waals surface area contributed by atoms with E-state index in [0.717, 1.165) is 22.2 Å². The third-order valence-corrected chi connectivity index (χ3v) is 9.57. The van der Waals surface area contributed by atoms with E-state index in [0.29, 0.717) is 0 Å². The molecule has 0 spiro atoms. The van der Waals surface area contributed by atoms with Gasteiger partial charge >= 0.3 is 0 Å². The van der Waals surface area contributed by atoms with E-state index in [-0.39, 0.29) is 42.5 Å². The number of hydrogen-bond donors (Lipinski definition) is 1. The Morgan fingerprint density at radius 1 is 0.667 bits per heavy atom. The first-order valence-corrected chi connectivity index (χ1v) is 17.3. The first-order chi connectivity index (χ1) is 23.6. The predicted molar refractivity (Wildman–Crippen MR) is 209 cm³/mol. The van der Waals surface area contributed by atoms with E-state index in [1.807, 2.05) is 41.5 Å². The summed E-state index contributed by atoms with van der Waals surface area (Å²) >= 11 is 0. The maximum atomic E-state index is 11.5. The molecule has 5 aromatic carbocycles. The second kappa shape index (κ2) is 14.5. The SMILES string of the molecule is CC(C)(C)C(=O)/C=C(\O)C(C)(C)C.CC1(C)c2ccccc2-c2c[c-]c(-c3cc(-c4ccccc4)c4cc(-c5ccccc5)ccc4n3)cc21.[Ir]. The van der Waals surface area contributed by atoms with Crippen LogP contribution >= 0.6 is 0 Å².